The fourth-order valence-corrected chi connectivity index (χ4v) is 3.10. The highest BCUT2D eigenvalue weighted by atomic mass is 16.7. The van der Waals surface area contributed by atoms with Crippen LogP contribution in [0.25, 0.3) is 0 Å². The van der Waals surface area contributed by atoms with E-state index >= 15 is 0 Å². The number of ether oxygens (including phenoxy) is 7. The number of hydrogen-bond acceptors (Lipinski definition) is 15. The van der Waals surface area contributed by atoms with E-state index in [1.807, 2.05) is 0 Å². The lowest BCUT2D eigenvalue weighted by Crippen LogP contribution is -2.33. The summed E-state index contributed by atoms with van der Waals surface area (Å²) < 4.78 is 36.8. The summed E-state index contributed by atoms with van der Waals surface area (Å²) >= 11 is 0. The number of hydroxylamine groups is 4. The maximum atomic E-state index is 11.5. The molecule has 0 unspecified atom stereocenters. The first-order chi connectivity index (χ1) is 19.9. The first-order valence-electron chi connectivity index (χ1n) is 13.1. The molecule has 2 aliphatic heterocycles. The minimum Gasteiger partial charge on any atom is -0.377 e. The molecule has 17 nitrogen and oxygen atoms in total. The molecule has 0 aromatic rings. The van der Waals surface area contributed by atoms with Gasteiger partial charge in [-0.3, -0.25) is 19.2 Å². The van der Waals surface area contributed by atoms with Crippen LogP contribution in [0.4, 0.5) is 0 Å². The molecule has 2 saturated heterocycles. The van der Waals surface area contributed by atoms with Crippen molar-refractivity contribution in [1.29, 1.82) is 0 Å². The monoisotopic (exact) mass is 592 g/mol. The van der Waals surface area contributed by atoms with Crippen LogP contribution in [-0.2, 0) is 71.6 Å². The SMILES string of the molecule is O=C(COCCOCCOCCOCCOCCOCCOCC(=O)ON1C(=O)CCC1=O)ON1C(=O)CCC1=O. The molecule has 0 aromatic heterocycles. The maximum Gasteiger partial charge on any atom is 0.358 e. The van der Waals surface area contributed by atoms with E-state index < -0.39 is 48.8 Å². The van der Waals surface area contributed by atoms with Crippen molar-refractivity contribution in [2.45, 2.75) is 25.7 Å². The number of nitrogens with zero attached hydrogens (tertiary/aromatic N) is 2. The standard InChI is InChI=1S/C24H36N2O15/c27-19-1-2-20(28)25(19)40-23(31)17-38-15-13-36-11-9-34-7-5-33-6-8-35-10-12-37-14-16-39-18-24(32)41-26-21(29)3-4-22(26)30/h1-18H2. The molecule has 0 bridgehead atoms. The fourth-order valence-electron chi connectivity index (χ4n) is 3.10. The van der Waals surface area contributed by atoms with E-state index in [9.17, 15) is 28.8 Å². The Kier molecular flexibility index (Phi) is 17.3. The third-order valence-electron chi connectivity index (χ3n) is 5.07. The van der Waals surface area contributed by atoms with Crippen LogP contribution in [0.5, 0.6) is 0 Å². The van der Waals surface area contributed by atoms with E-state index in [0.717, 1.165) is 0 Å². The highest BCUT2D eigenvalue weighted by Crippen LogP contribution is 2.12. The van der Waals surface area contributed by atoms with E-state index in [0.29, 0.717) is 63.0 Å². The van der Waals surface area contributed by atoms with Crippen molar-refractivity contribution < 1.29 is 71.6 Å². The molecule has 0 N–H and O–H groups in total. The molecule has 0 spiro atoms. The molecule has 41 heavy (non-hydrogen) atoms. The van der Waals surface area contributed by atoms with Crippen molar-refractivity contribution in [2.75, 3.05) is 92.5 Å². The summed E-state index contributed by atoms with van der Waals surface area (Å²) in [7, 11) is 0. The van der Waals surface area contributed by atoms with E-state index in [4.69, 9.17) is 33.2 Å². The second-order valence-corrected chi connectivity index (χ2v) is 8.26. The smallest absolute Gasteiger partial charge is 0.358 e. The van der Waals surface area contributed by atoms with E-state index in [-0.39, 0.29) is 52.1 Å². The third-order valence-corrected chi connectivity index (χ3v) is 5.07. The molecule has 4 amide bonds. The lowest BCUT2D eigenvalue weighted by Gasteiger charge is -2.12. The van der Waals surface area contributed by atoms with Crippen LogP contribution < -0.4 is 0 Å². The Balaban J connectivity index is 1.23. The molecule has 0 saturated carbocycles. The Morgan fingerprint density at radius 1 is 0.415 bits per heavy atom. The number of hydrogen-bond donors (Lipinski definition) is 0. The molecule has 0 aliphatic carbocycles. The minimum atomic E-state index is -0.838. The molecule has 17 heteroatoms. The van der Waals surface area contributed by atoms with E-state index in [1.54, 1.807) is 0 Å². The summed E-state index contributed by atoms with van der Waals surface area (Å²) in [6.45, 7) is 2.75. The molecule has 2 heterocycles. The number of imide groups is 2. The van der Waals surface area contributed by atoms with Gasteiger partial charge in [0.05, 0.1) is 79.3 Å². The zero-order valence-corrected chi connectivity index (χ0v) is 22.7. The van der Waals surface area contributed by atoms with Crippen molar-refractivity contribution in [3.8, 4) is 0 Å². The first kappa shape index (κ1) is 34.1. The second kappa shape index (κ2) is 20.8. The summed E-state index contributed by atoms with van der Waals surface area (Å²) in [4.78, 5) is 77.8. The van der Waals surface area contributed by atoms with Crippen molar-refractivity contribution in [2.24, 2.45) is 0 Å². The Morgan fingerprint density at radius 3 is 0.878 bits per heavy atom. The molecule has 0 aromatic carbocycles. The first-order valence-corrected chi connectivity index (χ1v) is 13.1. The quantitative estimate of drug-likeness (QED) is 0.0910. The summed E-state index contributed by atoms with van der Waals surface area (Å²) in [5.41, 5.74) is 0. The van der Waals surface area contributed by atoms with Crippen LogP contribution in [0.3, 0.4) is 0 Å². The molecular weight excluding hydrogens is 556 g/mol. The van der Waals surface area contributed by atoms with Crippen LogP contribution >= 0.6 is 0 Å². The van der Waals surface area contributed by atoms with Crippen LogP contribution in [0.15, 0.2) is 0 Å². The second-order valence-electron chi connectivity index (χ2n) is 8.26. The van der Waals surface area contributed by atoms with Crippen molar-refractivity contribution >= 4 is 35.6 Å². The molecule has 0 atom stereocenters. The van der Waals surface area contributed by atoms with Crippen LogP contribution in [0.2, 0.25) is 0 Å². The van der Waals surface area contributed by atoms with Gasteiger partial charge in [-0.2, -0.15) is 0 Å². The van der Waals surface area contributed by atoms with Gasteiger partial charge in [0.2, 0.25) is 0 Å². The van der Waals surface area contributed by atoms with Crippen molar-refractivity contribution in [3.05, 3.63) is 0 Å². The zero-order valence-electron chi connectivity index (χ0n) is 22.7. The van der Waals surface area contributed by atoms with Gasteiger partial charge in [-0.05, 0) is 0 Å². The Bertz CT molecular complexity index is 768. The van der Waals surface area contributed by atoms with E-state index in [1.165, 1.54) is 0 Å². The lowest BCUT2D eigenvalue weighted by molar-refractivity contribution is -0.200. The minimum absolute atomic E-state index is 0.0294. The molecule has 2 fully saturated rings. The van der Waals surface area contributed by atoms with Gasteiger partial charge in [-0.15, -0.1) is 10.1 Å². The summed E-state index contributed by atoms with van der Waals surface area (Å²) in [6.07, 6.45) is 0.118. The Hall–Kier alpha value is -3.06. The van der Waals surface area contributed by atoms with Gasteiger partial charge in [0.25, 0.3) is 23.6 Å². The van der Waals surface area contributed by atoms with Gasteiger partial charge >= 0.3 is 11.9 Å². The average Bonchev–Trinajstić information content (AvgIpc) is 3.44. The van der Waals surface area contributed by atoms with Crippen molar-refractivity contribution in [3.63, 3.8) is 0 Å². The normalized spacial score (nSPS) is 15.3. The molecule has 0 radical (unpaired) electrons. The van der Waals surface area contributed by atoms with E-state index in [2.05, 4.69) is 9.68 Å². The third kappa shape index (κ3) is 14.9. The van der Waals surface area contributed by atoms with Crippen LogP contribution in [0, 0.1) is 0 Å². The lowest BCUT2D eigenvalue weighted by atomic mass is 10.4. The van der Waals surface area contributed by atoms with Gasteiger partial charge in [0, 0.05) is 25.7 Å². The van der Waals surface area contributed by atoms with Gasteiger partial charge in [0.1, 0.15) is 13.2 Å². The van der Waals surface area contributed by atoms with Crippen LogP contribution in [-0.4, -0.2) is 138 Å². The average molecular weight is 593 g/mol. The highest BCUT2D eigenvalue weighted by Gasteiger charge is 2.33. The summed E-state index contributed by atoms with van der Waals surface area (Å²) in [5, 5.41) is 0.930. The number of carbonyl (C=O) groups is 6. The topological polar surface area (TPSA) is 192 Å². The van der Waals surface area contributed by atoms with Crippen molar-refractivity contribution in [1.82, 2.24) is 10.1 Å². The highest BCUT2D eigenvalue weighted by molar-refractivity contribution is 6.02. The predicted molar refractivity (Wildman–Crippen MR) is 130 cm³/mol. The molecule has 232 valence electrons. The number of rotatable bonds is 24. The Labute approximate surface area is 236 Å². The zero-order chi connectivity index (χ0) is 29.7. The van der Waals surface area contributed by atoms with Gasteiger partial charge in [0.15, 0.2) is 0 Å². The number of amides is 4. The van der Waals surface area contributed by atoms with Gasteiger partial charge < -0.3 is 42.8 Å². The van der Waals surface area contributed by atoms with Gasteiger partial charge in [-0.1, -0.05) is 0 Å². The molecule has 2 rings (SSSR count). The summed E-state index contributed by atoms with van der Waals surface area (Å²) in [6, 6.07) is 0. The molecule has 2 aliphatic rings. The number of carbonyl (C=O) groups excluding carboxylic acids is 6. The predicted octanol–water partition coefficient (Wildman–Crippen LogP) is -1.68. The Morgan fingerprint density at radius 2 is 0.634 bits per heavy atom. The maximum absolute atomic E-state index is 11.5. The largest absolute Gasteiger partial charge is 0.377 e. The summed E-state index contributed by atoms with van der Waals surface area (Å²) in [5.74, 6) is -3.87. The van der Waals surface area contributed by atoms with Crippen LogP contribution in [0.1, 0.15) is 25.7 Å². The molecular formula is C24H36N2O15. The fraction of sp³-hybridized carbons (Fsp3) is 0.750. The van der Waals surface area contributed by atoms with Gasteiger partial charge in [-0.25, -0.2) is 9.59 Å².